The van der Waals surface area contributed by atoms with Gasteiger partial charge in [0.05, 0.1) is 6.61 Å². The number of hydrogen-bond donors (Lipinski definition) is 1. The molecule has 0 spiro atoms. The lowest BCUT2D eigenvalue weighted by Gasteiger charge is -1.97. The summed E-state index contributed by atoms with van der Waals surface area (Å²) in [6, 6.07) is 3.47. The Morgan fingerprint density at radius 3 is 2.69 bits per heavy atom. The van der Waals surface area contributed by atoms with Crippen molar-refractivity contribution in [1.29, 1.82) is 0 Å². The molecular weight excluding hydrogens is 168 g/mol. The third-order valence-corrected chi connectivity index (χ3v) is 1.53. The van der Waals surface area contributed by atoms with Crippen LogP contribution in [0.4, 0.5) is 5.69 Å². The number of anilines is 1. The van der Waals surface area contributed by atoms with Crippen molar-refractivity contribution < 1.29 is 14.1 Å². The quantitative estimate of drug-likeness (QED) is 0.532. The fraction of sp³-hybridized carbons (Fsp3) is 0.333. The predicted molar refractivity (Wildman–Crippen MR) is 47.7 cm³/mol. The van der Waals surface area contributed by atoms with Gasteiger partial charge in [-0.05, 0) is 6.92 Å². The number of rotatable bonds is 3. The Morgan fingerprint density at radius 2 is 2.15 bits per heavy atom. The van der Waals surface area contributed by atoms with Gasteiger partial charge in [0.25, 0.3) is 0 Å². The second-order valence-corrected chi connectivity index (χ2v) is 2.61. The number of pyridine rings is 1. The molecule has 0 radical (unpaired) electrons. The minimum Gasteiger partial charge on any atom is -0.461 e. The topological polar surface area (TPSA) is 56.2 Å². The van der Waals surface area contributed by atoms with Crippen LogP contribution in [0.2, 0.25) is 0 Å². The molecule has 1 aromatic heterocycles. The molecular formula is C9H13N2O2+. The molecule has 0 aromatic carbocycles. The van der Waals surface area contributed by atoms with Crippen molar-refractivity contribution in [2.24, 2.45) is 0 Å². The van der Waals surface area contributed by atoms with Gasteiger partial charge < -0.3 is 10.5 Å². The molecule has 0 aliphatic rings. The maximum Gasteiger partial charge on any atom is 0.372 e. The fourth-order valence-corrected chi connectivity index (χ4v) is 0.930. The van der Waals surface area contributed by atoms with Crippen molar-refractivity contribution in [3.05, 3.63) is 24.5 Å². The van der Waals surface area contributed by atoms with E-state index in [1.54, 1.807) is 36.0 Å². The number of nitrogen functional groups attached to an aromatic ring is 1. The van der Waals surface area contributed by atoms with Crippen LogP contribution in [-0.2, 0) is 16.1 Å². The van der Waals surface area contributed by atoms with Crippen LogP contribution in [0, 0.1) is 0 Å². The largest absolute Gasteiger partial charge is 0.461 e. The van der Waals surface area contributed by atoms with Crippen molar-refractivity contribution in [3.63, 3.8) is 0 Å². The van der Waals surface area contributed by atoms with Crippen LogP contribution in [0.15, 0.2) is 24.5 Å². The van der Waals surface area contributed by atoms with Crippen LogP contribution in [0.3, 0.4) is 0 Å². The third kappa shape index (κ3) is 3.11. The summed E-state index contributed by atoms with van der Waals surface area (Å²) in [5.41, 5.74) is 6.17. The molecule has 1 aromatic rings. The van der Waals surface area contributed by atoms with Gasteiger partial charge in [0.1, 0.15) is 0 Å². The van der Waals surface area contributed by atoms with E-state index in [1.165, 1.54) is 0 Å². The first-order valence-electron chi connectivity index (χ1n) is 4.12. The van der Waals surface area contributed by atoms with Crippen LogP contribution in [0.25, 0.3) is 0 Å². The van der Waals surface area contributed by atoms with Gasteiger partial charge in [-0.2, -0.15) is 4.57 Å². The summed E-state index contributed by atoms with van der Waals surface area (Å²) in [5.74, 6) is -0.239. The summed E-state index contributed by atoms with van der Waals surface area (Å²) in [7, 11) is 0. The highest BCUT2D eigenvalue weighted by Crippen LogP contribution is 1.93. The molecule has 0 saturated heterocycles. The predicted octanol–water partition coefficient (Wildman–Crippen LogP) is 0.119. The van der Waals surface area contributed by atoms with Crippen LogP contribution < -0.4 is 10.3 Å². The Kier molecular flexibility index (Phi) is 3.25. The Balaban J connectivity index is 2.54. The lowest BCUT2D eigenvalue weighted by Crippen LogP contribution is -2.37. The number of ether oxygens (including phenoxy) is 1. The summed E-state index contributed by atoms with van der Waals surface area (Å²) < 4.78 is 6.50. The normalized spacial score (nSPS) is 9.62. The van der Waals surface area contributed by atoms with Crippen molar-refractivity contribution in [1.82, 2.24) is 0 Å². The average molecular weight is 181 g/mol. The highest BCUT2D eigenvalue weighted by atomic mass is 16.5. The lowest BCUT2D eigenvalue weighted by molar-refractivity contribution is -0.685. The van der Waals surface area contributed by atoms with Crippen molar-refractivity contribution in [3.8, 4) is 0 Å². The van der Waals surface area contributed by atoms with E-state index in [4.69, 9.17) is 10.5 Å². The fourth-order valence-electron chi connectivity index (χ4n) is 0.930. The number of nitrogens with zero attached hydrogens (tertiary/aromatic N) is 1. The molecule has 0 atom stereocenters. The molecule has 0 fully saturated rings. The smallest absolute Gasteiger partial charge is 0.372 e. The monoisotopic (exact) mass is 181 g/mol. The van der Waals surface area contributed by atoms with E-state index < -0.39 is 0 Å². The molecule has 1 rings (SSSR count). The van der Waals surface area contributed by atoms with Crippen LogP contribution >= 0.6 is 0 Å². The molecule has 2 N–H and O–H groups in total. The maximum atomic E-state index is 11.0. The van der Waals surface area contributed by atoms with E-state index in [0.29, 0.717) is 12.3 Å². The van der Waals surface area contributed by atoms with Crippen molar-refractivity contribution in [2.45, 2.75) is 13.5 Å². The number of carbonyl (C=O) groups is 1. The minimum atomic E-state index is -0.239. The highest BCUT2D eigenvalue weighted by molar-refractivity contribution is 5.67. The highest BCUT2D eigenvalue weighted by Gasteiger charge is 2.08. The van der Waals surface area contributed by atoms with Crippen LogP contribution in [-0.4, -0.2) is 12.6 Å². The summed E-state index contributed by atoms with van der Waals surface area (Å²) in [5, 5.41) is 0. The molecule has 0 unspecified atom stereocenters. The van der Waals surface area contributed by atoms with Gasteiger partial charge in [-0.3, -0.25) is 0 Å². The minimum absolute atomic E-state index is 0.230. The Bertz CT molecular complexity index is 282. The molecule has 0 aliphatic carbocycles. The Labute approximate surface area is 76.9 Å². The van der Waals surface area contributed by atoms with Crippen LogP contribution in [0.1, 0.15) is 6.92 Å². The summed E-state index contributed by atoms with van der Waals surface area (Å²) in [6.45, 7) is 2.42. The molecule has 4 heteroatoms. The van der Waals surface area contributed by atoms with Crippen molar-refractivity contribution >= 4 is 11.7 Å². The summed E-state index contributed by atoms with van der Waals surface area (Å²) >= 11 is 0. The van der Waals surface area contributed by atoms with Gasteiger partial charge >= 0.3 is 5.97 Å². The SMILES string of the molecule is CCOC(=O)C[n+]1ccc(N)cc1. The second kappa shape index (κ2) is 4.45. The lowest BCUT2D eigenvalue weighted by atomic mass is 10.4. The summed E-state index contributed by atoms with van der Waals surface area (Å²) in [6.07, 6.45) is 3.48. The number of nitrogens with two attached hydrogens (primary N) is 1. The maximum absolute atomic E-state index is 11.0. The molecule has 0 saturated carbocycles. The van der Waals surface area contributed by atoms with Gasteiger partial charge in [0.15, 0.2) is 12.4 Å². The first-order valence-corrected chi connectivity index (χ1v) is 4.12. The number of carbonyl (C=O) groups excluding carboxylic acids is 1. The molecule has 70 valence electrons. The van der Waals surface area contributed by atoms with Crippen molar-refractivity contribution in [2.75, 3.05) is 12.3 Å². The molecule has 13 heavy (non-hydrogen) atoms. The molecule has 4 nitrogen and oxygen atoms in total. The van der Waals surface area contributed by atoms with Gasteiger partial charge in [0, 0.05) is 17.8 Å². The van der Waals surface area contributed by atoms with Gasteiger partial charge in [-0.1, -0.05) is 0 Å². The van der Waals surface area contributed by atoms with E-state index in [2.05, 4.69) is 0 Å². The zero-order chi connectivity index (χ0) is 9.68. The molecule has 0 amide bonds. The number of aromatic nitrogens is 1. The van der Waals surface area contributed by atoms with E-state index in [9.17, 15) is 4.79 Å². The zero-order valence-electron chi connectivity index (χ0n) is 7.56. The Hall–Kier alpha value is -1.58. The standard InChI is InChI=1S/C9H12N2O2/c1-2-13-9(12)7-11-5-3-8(10)4-6-11/h3-6,10H,2,7H2,1H3/p+1. The molecule has 0 bridgehead atoms. The molecule has 1 heterocycles. The summed E-state index contributed by atoms with van der Waals surface area (Å²) in [4.78, 5) is 11.0. The first kappa shape index (κ1) is 9.51. The van der Waals surface area contributed by atoms with Crippen LogP contribution in [0.5, 0.6) is 0 Å². The average Bonchev–Trinajstić information content (AvgIpc) is 2.09. The van der Waals surface area contributed by atoms with Gasteiger partial charge in [0.2, 0.25) is 6.54 Å². The Morgan fingerprint density at radius 1 is 1.54 bits per heavy atom. The van der Waals surface area contributed by atoms with Gasteiger partial charge in [-0.15, -0.1) is 0 Å². The van der Waals surface area contributed by atoms with Gasteiger partial charge in [-0.25, -0.2) is 4.79 Å². The van der Waals surface area contributed by atoms with E-state index >= 15 is 0 Å². The molecule has 0 aliphatic heterocycles. The second-order valence-electron chi connectivity index (χ2n) is 2.61. The van der Waals surface area contributed by atoms with E-state index in [-0.39, 0.29) is 12.5 Å². The third-order valence-electron chi connectivity index (χ3n) is 1.53. The number of esters is 1. The van der Waals surface area contributed by atoms with E-state index in [0.717, 1.165) is 0 Å². The first-order chi connectivity index (χ1) is 6.22. The van der Waals surface area contributed by atoms with E-state index in [1.807, 2.05) is 0 Å². The zero-order valence-corrected chi connectivity index (χ0v) is 7.56. The number of hydrogen-bond acceptors (Lipinski definition) is 3.